The Labute approximate surface area is 144 Å². The fraction of sp³-hybridized carbons (Fsp3) is 0.167. The zero-order valence-electron chi connectivity index (χ0n) is 13.3. The first-order valence-corrected chi connectivity index (χ1v) is 7.97. The lowest BCUT2D eigenvalue weighted by atomic mass is 9.82. The zero-order chi connectivity index (χ0) is 17.4. The number of fused-ring (bicyclic) bond motifs is 2. The summed E-state index contributed by atoms with van der Waals surface area (Å²) >= 11 is 0. The number of hydrogen-bond donors (Lipinski definition) is 3. The predicted molar refractivity (Wildman–Crippen MR) is 92.2 cm³/mol. The van der Waals surface area contributed by atoms with Crippen molar-refractivity contribution in [3.8, 4) is 0 Å². The first-order valence-electron chi connectivity index (χ1n) is 7.97. The van der Waals surface area contributed by atoms with Crippen molar-refractivity contribution in [1.82, 2.24) is 10.6 Å². The minimum atomic E-state index is -1.11. The molecule has 1 atom stereocenters. The van der Waals surface area contributed by atoms with Gasteiger partial charge in [-0.05, 0) is 18.2 Å². The Morgan fingerprint density at radius 3 is 2.48 bits per heavy atom. The van der Waals surface area contributed by atoms with Crippen LogP contribution in [-0.2, 0) is 10.3 Å². The monoisotopic (exact) mass is 336 g/mol. The Hall–Kier alpha value is -3.35. The van der Waals surface area contributed by atoms with Crippen LogP contribution in [0.3, 0.4) is 0 Å². The highest BCUT2D eigenvalue weighted by atomic mass is 16.2. The van der Waals surface area contributed by atoms with Crippen LogP contribution in [0.25, 0.3) is 0 Å². The Morgan fingerprint density at radius 2 is 1.76 bits per heavy atom. The number of benzene rings is 2. The maximum absolute atomic E-state index is 12.7. The molecule has 1 spiro atoms. The summed E-state index contributed by atoms with van der Waals surface area (Å²) in [7, 11) is 0. The van der Waals surface area contributed by atoms with Crippen LogP contribution in [0.4, 0.5) is 21.0 Å². The molecule has 0 aliphatic carbocycles. The number of anilines is 2. The Kier molecular flexibility index (Phi) is 3.42. The fourth-order valence-electron chi connectivity index (χ4n) is 3.39. The van der Waals surface area contributed by atoms with Crippen molar-refractivity contribution >= 4 is 29.3 Å². The summed E-state index contributed by atoms with van der Waals surface area (Å²) in [6.45, 7) is 0.309. The van der Waals surface area contributed by atoms with Gasteiger partial charge in [0, 0.05) is 24.2 Å². The number of para-hydroxylation sites is 2. The molecule has 25 heavy (non-hydrogen) atoms. The van der Waals surface area contributed by atoms with Gasteiger partial charge in [-0.25, -0.2) is 9.59 Å². The Morgan fingerprint density at radius 1 is 1.04 bits per heavy atom. The van der Waals surface area contributed by atoms with Crippen molar-refractivity contribution in [3.05, 3.63) is 60.2 Å². The third kappa shape index (κ3) is 2.40. The van der Waals surface area contributed by atoms with Crippen LogP contribution in [0, 0.1) is 0 Å². The third-order valence-electron chi connectivity index (χ3n) is 4.58. The van der Waals surface area contributed by atoms with Gasteiger partial charge in [0.25, 0.3) is 5.91 Å². The molecule has 1 fully saturated rings. The van der Waals surface area contributed by atoms with E-state index in [1.54, 1.807) is 41.3 Å². The van der Waals surface area contributed by atoms with Gasteiger partial charge in [-0.1, -0.05) is 36.4 Å². The second-order valence-electron chi connectivity index (χ2n) is 6.03. The molecule has 7 nitrogen and oxygen atoms in total. The number of nitrogens with zero attached hydrogens (tertiary/aromatic N) is 1. The van der Waals surface area contributed by atoms with E-state index >= 15 is 0 Å². The molecule has 126 valence electrons. The van der Waals surface area contributed by atoms with Crippen molar-refractivity contribution in [3.63, 3.8) is 0 Å². The summed E-state index contributed by atoms with van der Waals surface area (Å²) in [4.78, 5) is 38.3. The van der Waals surface area contributed by atoms with Crippen molar-refractivity contribution in [2.75, 3.05) is 16.8 Å². The second kappa shape index (κ2) is 5.62. The molecule has 2 aliphatic rings. The molecule has 2 aromatic rings. The van der Waals surface area contributed by atoms with Gasteiger partial charge in [-0.2, -0.15) is 0 Å². The van der Waals surface area contributed by atoms with Gasteiger partial charge in [-0.3, -0.25) is 15.0 Å². The lowest BCUT2D eigenvalue weighted by molar-refractivity contribution is -0.124. The number of hydrogen-bond acceptors (Lipinski definition) is 3. The van der Waals surface area contributed by atoms with Crippen LogP contribution >= 0.6 is 0 Å². The summed E-state index contributed by atoms with van der Waals surface area (Å²) in [5.41, 5.74) is 0.807. The SMILES string of the molecule is O=C1NC(=O)C2(CCN(C(=O)Nc3ccccc3)c3ccccc32)N1. The first-order chi connectivity index (χ1) is 12.1. The van der Waals surface area contributed by atoms with Crippen molar-refractivity contribution < 1.29 is 14.4 Å². The zero-order valence-corrected chi connectivity index (χ0v) is 13.3. The summed E-state index contributed by atoms with van der Waals surface area (Å²) in [6, 6.07) is 15.5. The van der Waals surface area contributed by atoms with Crippen LogP contribution in [0.5, 0.6) is 0 Å². The second-order valence-corrected chi connectivity index (χ2v) is 6.03. The number of imide groups is 1. The molecule has 2 aliphatic heterocycles. The van der Waals surface area contributed by atoms with Crippen molar-refractivity contribution in [1.29, 1.82) is 0 Å². The van der Waals surface area contributed by atoms with Gasteiger partial charge in [0.05, 0.1) is 5.69 Å². The van der Waals surface area contributed by atoms with Crippen LogP contribution in [0.15, 0.2) is 54.6 Å². The molecule has 0 radical (unpaired) electrons. The summed E-state index contributed by atoms with van der Waals surface area (Å²) in [5, 5.41) is 7.87. The topological polar surface area (TPSA) is 90.5 Å². The molecule has 2 aromatic carbocycles. The summed E-state index contributed by atoms with van der Waals surface area (Å²) < 4.78 is 0. The maximum Gasteiger partial charge on any atom is 0.326 e. The minimum Gasteiger partial charge on any atom is -0.319 e. The van der Waals surface area contributed by atoms with Crippen LogP contribution in [-0.4, -0.2) is 24.5 Å². The van der Waals surface area contributed by atoms with E-state index in [4.69, 9.17) is 0 Å². The quantitative estimate of drug-likeness (QED) is 0.697. The van der Waals surface area contributed by atoms with Crippen LogP contribution in [0.2, 0.25) is 0 Å². The molecule has 1 saturated heterocycles. The maximum atomic E-state index is 12.7. The number of nitrogens with one attached hydrogen (secondary N) is 3. The molecule has 1 unspecified atom stereocenters. The van der Waals surface area contributed by atoms with Gasteiger partial charge in [0.2, 0.25) is 0 Å². The smallest absolute Gasteiger partial charge is 0.319 e. The van der Waals surface area contributed by atoms with E-state index in [9.17, 15) is 14.4 Å². The number of rotatable bonds is 1. The highest BCUT2D eigenvalue weighted by Crippen LogP contribution is 2.40. The lowest BCUT2D eigenvalue weighted by Crippen LogP contribution is -2.52. The molecular formula is C18H16N4O3. The van der Waals surface area contributed by atoms with E-state index in [1.165, 1.54) is 0 Å². The molecule has 0 bridgehead atoms. The largest absolute Gasteiger partial charge is 0.326 e. The molecule has 4 rings (SSSR count). The van der Waals surface area contributed by atoms with Gasteiger partial charge in [-0.15, -0.1) is 0 Å². The van der Waals surface area contributed by atoms with Crippen molar-refractivity contribution in [2.24, 2.45) is 0 Å². The summed E-state index contributed by atoms with van der Waals surface area (Å²) in [5.74, 6) is -0.381. The van der Waals surface area contributed by atoms with E-state index in [0.29, 0.717) is 29.9 Å². The van der Waals surface area contributed by atoms with E-state index in [-0.39, 0.29) is 11.9 Å². The van der Waals surface area contributed by atoms with E-state index < -0.39 is 11.6 Å². The standard InChI is InChI=1S/C18H16N4O3/c23-15-18(21-16(24)20-15)10-11-22(14-9-5-4-8-13(14)18)17(25)19-12-6-2-1-3-7-12/h1-9H,10-11H2,(H,19,25)(H2,20,21,23,24). The molecule has 2 heterocycles. The van der Waals surface area contributed by atoms with Gasteiger partial charge < -0.3 is 10.6 Å². The molecule has 0 aromatic heterocycles. The third-order valence-corrected chi connectivity index (χ3v) is 4.58. The Bertz CT molecular complexity index is 868. The van der Waals surface area contributed by atoms with E-state index in [1.807, 2.05) is 18.2 Å². The number of urea groups is 2. The average Bonchev–Trinajstić information content (AvgIpc) is 2.90. The summed E-state index contributed by atoms with van der Waals surface area (Å²) in [6.07, 6.45) is 0.309. The first kappa shape index (κ1) is 15.2. The molecule has 7 heteroatoms. The van der Waals surface area contributed by atoms with Gasteiger partial charge >= 0.3 is 12.1 Å². The highest BCUT2D eigenvalue weighted by molar-refractivity contribution is 6.10. The van der Waals surface area contributed by atoms with Crippen LogP contribution in [0.1, 0.15) is 12.0 Å². The van der Waals surface area contributed by atoms with Gasteiger partial charge in [0.1, 0.15) is 5.54 Å². The minimum absolute atomic E-state index is 0.279. The lowest BCUT2D eigenvalue weighted by Gasteiger charge is -2.38. The number of carbonyl (C=O) groups excluding carboxylic acids is 3. The normalized spacial score (nSPS) is 21.5. The van der Waals surface area contributed by atoms with Gasteiger partial charge in [0.15, 0.2) is 0 Å². The van der Waals surface area contributed by atoms with E-state index in [2.05, 4.69) is 16.0 Å². The molecule has 0 saturated carbocycles. The highest BCUT2D eigenvalue weighted by Gasteiger charge is 2.51. The number of carbonyl (C=O) groups is 3. The fourth-order valence-corrected chi connectivity index (χ4v) is 3.39. The van der Waals surface area contributed by atoms with Crippen LogP contribution < -0.4 is 20.9 Å². The molecule has 5 amide bonds. The average molecular weight is 336 g/mol. The molecular weight excluding hydrogens is 320 g/mol. The predicted octanol–water partition coefficient (Wildman–Crippen LogP) is 2.16. The van der Waals surface area contributed by atoms with E-state index in [0.717, 1.165) is 0 Å². The Balaban J connectivity index is 1.69. The molecule has 3 N–H and O–H groups in total. The van der Waals surface area contributed by atoms with Crippen molar-refractivity contribution in [2.45, 2.75) is 12.0 Å². The number of amides is 5.